The van der Waals surface area contributed by atoms with Gasteiger partial charge in [-0.05, 0) is 27.7 Å². The molecule has 0 saturated carbocycles. The van der Waals surface area contributed by atoms with Gasteiger partial charge in [-0.1, -0.05) is 0 Å². The van der Waals surface area contributed by atoms with E-state index in [1.807, 2.05) is 13.8 Å². The van der Waals surface area contributed by atoms with Crippen LogP contribution in [0.15, 0.2) is 0 Å². The van der Waals surface area contributed by atoms with E-state index in [0.717, 1.165) is 26.2 Å². The molecule has 0 aromatic carbocycles. The number of hydrogen-bond donors (Lipinski definition) is 2. The zero-order chi connectivity index (χ0) is 11.7. The van der Waals surface area contributed by atoms with E-state index in [4.69, 9.17) is 0 Å². The number of halogens is 1. The van der Waals surface area contributed by atoms with Crippen LogP contribution >= 0.6 is 12.4 Å². The monoisotopic (exact) mass is 250 g/mol. The lowest BCUT2D eigenvalue weighted by Crippen LogP contribution is -2.61. The third-order valence-corrected chi connectivity index (χ3v) is 3.97. The third kappa shape index (κ3) is 2.67. The Balaban J connectivity index is 0.00000225. The molecule has 0 bridgehead atoms. The molecule has 1 heterocycles. The number of nitrogens with zero attached hydrogens (tertiary/aromatic N) is 1. The fourth-order valence-corrected chi connectivity index (χ4v) is 1.88. The molecule has 2 N–H and O–H groups in total. The largest absolute Gasteiger partial charge is 0.481 e. The van der Waals surface area contributed by atoms with E-state index in [0.29, 0.717) is 0 Å². The molecule has 1 saturated heterocycles. The van der Waals surface area contributed by atoms with Gasteiger partial charge >= 0.3 is 5.97 Å². The van der Waals surface area contributed by atoms with E-state index in [-0.39, 0.29) is 17.9 Å². The van der Waals surface area contributed by atoms with Crippen molar-refractivity contribution in [3.63, 3.8) is 0 Å². The molecule has 0 unspecified atom stereocenters. The van der Waals surface area contributed by atoms with Gasteiger partial charge < -0.3 is 10.4 Å². The SMILES string of the molecule is CC(C)(C(=O)O)C(C)(C)N1CCNCC1.Cl. The number of hydrogen-bond acceptors (Lipinski definition) is 3. The molecular weight excluding hydrogens is 228 g/mol. The topological polar surface area (TPSA) is 52.6 Å². The molecular formula is C11H23ClN2O2. The number of piperazine rings is 1. The fraction of sp³-hybridized carbons (Fsp3) is 0.909. The second-order valence-electron chi connectivity index (χ2n) is 5.23. The Morgan fingerprint density at radius 3 is 2.00 bits per heavy atom. The molecule has 0 radical (unpaired) electrons. The highest BCUT2D eigenvalue weighted by molar-refractivity contribution is 5.85. The van der Waals surface area contributed by atoms with Crippen LogP contribution in [-0.4, -0.2) is 47.7 Å². The lowest BCUT2D eigenvalue weighted by molar-refractivity contribution is -0.156. The Labute approximate surface area is 104 Å². The molecule has 1 fully saturated rings. The standard InChI is InChI=1S/C11H22N2O2.ClH/c1-10(2,9(14)15)11(3,4)13-7-5-12-6-8-13;/h12H,5-8H2,1-4H3,(H,14,15);1H. The van der Waals surface area contributed by atoms with Gasteiger partial charge in [-0.15, -0.1) is 12.4 Å². The minimum Gasteiger partial charge on any atom is -0.481 e. The lowest BCUT2D eigenvalue weighted by atomic mass is 9.73. The maximum absolute atomic E-state index is 11.3. The summed E-state index contributed by atoms with van der Waals surface area (Å²) < 4.78 is 0. The van der Waals surface area contributed by atoms with Crippen LogP contribution in [0.3, 0.4) is 0 Å². The van der Waals surface area contributed by atoms with Crippen LogP contribution in [0.1, 0.15) is 27.7 Å². The first kappa shape index (κ1) is 15.7. The number of carboxylic acids is 1. The quantitative estimate of drug-likeness (QED) is 0.791. The smallest absolute Gasteiger partial charge is 0.310 e. The van der Waals surface area contributed by atoms with Crippen molar-refractivity contribution in [3.8, 4) is 0 Å². The summed E-state index contributed by atoms with van der Waals surface area (Å²) in [6.07, 6.45) is 0. The normalized spacial score (nSPS) is 19.0. The van der Waals surface area contributed by atoms with Crippen LogP contribution < -0.4 is 5.32 Å². The minimum atomic E-state index is -0.732. The van der Waals surface area contributed by atoms with Crippen LogP contribution in [-0.2, 0) is 4.79 Å². The van der Waals surface area contributed by atoms with Crippen molar-refractivity contribution in [3.05, 3.63) is 0 Å². The second kappa shape index (κ2) is 5.34. The van der Waals surface area contributed by atoms with Gasteiger partial charge in [0.2, 0.25) is 0 Å². The molecule has 1 aliphatic rings. The van der Waals surface area contributed by atoms with E-state index < -0.39 is 11.4 Å². The lowest BCUT2D eigenvalue weighted by Gasteiger charge is -2.48. The zero-order valence-corrected chi connectivity index (χ0v) is 11.4. The Morgan fingerprint density at radius 2 is 1.62 bits per heavy atom. The van der Waals surface area contributed by atoms with E-state index >= 15 is 0 Å². The molecule has 4 nitrogen and oxygen atoms in total. The number of carboxylic acid groups (broad SMARTS) is 1. The summed E-state index contributed by atoms with van der Waals surface area (Å²) in [5.74, 6) is -0.731. The van der Waals surface area contributed by atoms with Crippen molar-refractivity contribution in [2.75, 3.05) is 26.2 Å². The average Bonchev–Trinajstić information content (AvgIpc) is 2.18. The molecule has 96 valence electrons. The van der Waals surface area contributed by atoms with Crippen molar-refractivity contribution in [2.45, 2.75) is 33.2 Å². The molecule has 0 spiro atoms. The zero-order valence-electron chi connectivity index (χ0n) is 10.5. The van der Waals surface area contributed by atoms with E-state index in [2.05, 4.69) is 10.2 Å². The molecule has 0 amide bonds. The minimum absolute atomic E-state index is 0. The first-order chi connectivity index (χ1) is 6.80. The Bertz CT molecular complexity index is 248. The van der Waals surface area contributed by atoms with Crippen molar-refractivity contribution in [1.82, 2.24) is 10.2 Å². The van der Waals surface area contributed by atoms with Gasteiger partial charge in [0.1, 0.15) is 0 Å². The Morgan fingerprint density at radius 1 is 1.19 bits per heavy atom. The van der Waals surface area contributed by atoms with Crippen LogP contribution in [0.5, 0.6) is 0 Å². The highest BCUT2D eigenvalue weighted by Crippen LogP contribution is 2.36. The summed E-state index contributed by atoms with van der Waals surface area (Å²) in [5.41, 5.74) is -1.05. The summed E-state index contributed by atoms with van der Waals surface area (Å²) in [6.45, 7) is 11.4. The van der Waals surface area contributed by atoms with E-state index in [9.17, 15) is 9.90 Å². The van der Waals surface area contributed by atoms with Crippen molar-refractivity contribution in [1.29, 1.82) is 0 Å². The summed E-state index contributed by atoms with van der Waals surface area (Å²) in [7, 11) is 0. The Kier molecular flexibility index (Phi) is 5.23. The number of nitrogens with one attached hydrogen (secondary N) is 1. The number of aliphatic carboxylic acids is 1. The fourth-order valence-electron chi connectivity index (χ4n) is 1.88. The average molecular weight is 251 g/mol. The molecule has 0 aliphatic carbocycles. The summed E-state index contributed by atoms with van der Waals surface area (Å²) in [6, 6.07) is 0. The molecule has 1 aliphatic heterocycles. The van der Waals surface area contributed by atoms with Gasteiger partial charge in [-0.25, -0.2) is 0 Å². The first-order valence-electron chi connectivity index (χ1n) is 5.49. The maximum atomic E-state index is 11.3. The van der Waals surface area contributed by atoms with Gasteiger partial charge in [-0.2, -0.15) is 0 Å². The molecule has 0 atom stereocenters. The second-order valence-corrected chi connectivity index (χ2v) is 5.23. The number of carbonyl (C=O) groups is 1. The maximum Gasteiger partial charge on any atom is 0.310 e. The van der Waals surface area contributed by atoms with E-state index in [1.165, 1.54) is 0 Å². The van der Waals surface area contributed by atoms with Gasteiger partial charge in [0, 0.05) is 31.7 Å². The van der Waals surface area contributed by atoms with Crippen LogP contribution in [0.4, 0.5) is 0 Å². The van der Waals surface area contributed by atoms with Gasteiger partial charge in [-0.3, -0.25) is 9.69 Å². The van der Waals surface area contributed by atoms with E-state index in [1.54, 1.807) is 13.8 Å². The van der Waals surface area contributed by atoms with Crippen LogP contribution in [0.25, 0.3) is 0 Å². The molecule has 5 heteroatoms. The third-order valence-electron chi connectivity index (χ3n) is 3.97. The predicted molar refractivity (Wildman–Crippen MR) is 67.2 cm³/mol. The van der Waals surface area contributed by atoms with Gasteiger partial charge in [0.05, 0.1) is 5.41 Å². The molecule has 16 heavy (non-hydrogen) atoms. The summed E-state index contributed by atoms with van der Waals surface area (Å²) in [4.78, 5) is 13.5. The molecule has 1 rings (SSSR count). The van der Waals surface area contributed by atoms with Crippen molar-refractivity contribution < 1.29 is 9.90 Å². The van der Waals surface area contributed by atoms with Crippen molar-refractivity contribution in [2.24, 2.45) is 5.41 Å². The number of rotatable bonds is 3. The highest BCUT2D eigenvalue weighted by Gasteiger charge is 2.47. The first-order valence-corrected chi connectivity index (χ1v) is 5.49. The molecule has 0 aromatic heterocycles. The summed E-state index contributed by atoms with van der Waals surface area (Å²) >= 11 is 0. The van der Waals surface area contributed by atoms with Gasteiger partial charge in [0.15, 0.2) is 0 Å². The summed E-state index contributed by atoms with van der Waals surface area (Å²) in [5, 5.41) is 12.5. The van der Waals surface area contributed by atoms with Gasteiger partial charge in [0.25, 0.3) is 0 Å². The van der Waals surface area contributed by atoms with Crippen molar-refractivity contribution >= 4 is 18.4 Å². The highest BCUT2D eigenvalue weighted by atomic mass is 35.5. The van der Waals surface area contributed by atoms with Crippen LogP contribution in [0, 0.1) is 5.41 Å². The predicted octanol–water partition coefficient (Wildman–Crippen LogP) is 1.20. The van der Waals surface area contributed by atoms with Crippen LogP contribution in [0.2, 0.25) is 0 Å². The Hall–Kier alpha value is -0.320. The molecule has 0 aromatic rings.